The van der Waals surface area contributed by atoms with Crippen LogP contribution in [0.25, 0.3) is 11.3 Å². The molecule has 0 fully saturated rings. The molecule has 3 aromatic carbocycles. The number of anilines is 2. The number of carbonyl (C=O) groups excluding carboxylic acids is 1. The smallest absolute Gasteiger partial charge is 0.258 e. The van der Waals surface area contributed by atoms with E-state index in [1.807, 2.05) is 60.7 Å². The van der Waals surface area contributed by atoms with E-state index in [0.29, 0.717) is 16.5 Å². The van der Waals surface area contributed by atoms with Gasteiger partial charge in [-0.25, -0.2) is 0 Å². The first-order valence-electron chi connectivity index (χ1n) is 9.97. The van der Waals surface area contributed by atoms with Crippen molar-refractivity contribution in [2.45, 2.75) is 19.9 Å². The normalized spacial score (nSPS) is 15.6. The summed E-state index contributed by atoms with van der Waals surface area (Å²) < 4.78 is 0. The van der Waals surface area contributed by atoms with Crippen LogP contribution in [-0.4, -0.2) is 5.91 Å². The van der Waals surface area contributed by atoms with Crippen LogP contribution in [0.2, 0.25) is 5.02 Å². The number of nitrogens with one attached hydrogen (secondary N) is 2. The Balaban J connectivity index is 1.78. The van der Waals surface area contributed by atoms with Crippen LogP contribution < -0.4 is 16.4 Å². The zero-order chi connectivity index (χ0) is 21.3. The highest BCUT2D eigenvalue weighted by molar-refractivity contribution is 6.38. The fourth-order valence-electron chi connectivity index (χ4n) is 3.59. The molecule has 1 atom stereocenters. The Bertz CT molecular complexity index is 1100. The first-order valence-corrected chi connectivity index (χ1v) is 10.4. The molecule has 0 saturated carbocycles. The fourth-order valence-corrected chi connectivity index (χ4v) is 3.77. The summed E-state index contributed by atoms with van der Waals surface area (Å²) in [7, 11) is 0. The molecule has 5 heteroatoms. The fraction of sp³-hybridized carbons (Fsp3) is 0.160. The molecule has 4 rings (SSSR count). The molecule has 1 amide bonds. The average Bonchev–Trinajstić information content (AvgIpc) is 3.07. The maximum absolute atomic E-state index is 12.9. The van der Waals surface area contributed by atoms with E-state index in [-0.39, 0.29) is 11.9 Å². The van der Waals surface area contributed by atoms with Crippen LogP contribution in [0.1, 0.15) is 36.6 Å². The molecule has 152 valence electrons. The van der Waals surface area contributed by atoms with E-state index >= 15 is 0 Å². The molecule has 4 N–H and O–H groups in total. The van der Waals surface area contributed by atoms with Crippen molar-refractivity contribution in [3.8, 4) is 0 Å². The number of rotatable bonds is 5. The van der Waals surface area contributed by atoms with Crippen molar-refractivity contribution < 1.29 is 4.79 Å². The molecule has 0 aromatic heterocycles. The first-order chi connectivity index (χ1) is 14.4. The number of halogens is 1. The van der Waals surface area contributed by atoms with E-state index in [9.17, 15) is 4.79 Å². The van der Waals surface area contributed by atoms with E-state index in [2.05, 4.69) is 24.5 Å². The van der Waals surface area contributed by atoms with Crippen LogP contribution in [0.3, 0.4) is 0 Å². The number of nitrogens with two attached hydrogens (primary N) is 1. The van der Waals surface area contributed by atoms with Gasteiger partial charge < -0.3 is 16.4 Å². The van der Waals surface area contributed by atoms with Crippen molar-refractivity contribution in [2.24, 2.45) is 11.7 Å². The SMILES string of the molecule is CC(C)C(N)c1ccc(N/C(=C2\C(=O)Nc3cc(Cl)ccc32)c2ccccc2)cc1. The van der Waals surface area contributed by atoms with Crippen molar-refractivity contribution >= 4 is 40.2 Å². The molecule has 1 unspecified atom stereocenters. The second kappa shape index (κ2) is 8.34. The molecular formula is C25H24ClN3O. The number of hydrogen-bond acceptors (Lipinski definition) is 3. The second-order valence-corrected chi connectivity index (χ2v) is 8.21. The standard InChI is InChI=1S/C25H24ClN3O/c1-15(2)23(27)16-8-11-19(12-9-16)28-24(17-6-4-3-5-7-17)22-20-13-10-18(26)14-21(20)29-25(22)30/h3-15,23,28H,27H2,1-2H3,(H,29,30)/b24-22-. The zero-order valence-electron chi connectivity index (χ0n) is 16.9. The van der Waals surface area contributed by atoms with Crippen LogP contribution in [0, 0.1) is 5.92 Å². The summed E-state index contributed by atoms with van der Waals surface area (Å²) in [6, 6.07) is 23.3. The van der Waals surface area contributed by atoms with Gasteiger partial charge >= 0.3 is 0 Å². The van der Waals surface area contributed by atoms with Gasteiger partial charge in [0, 0.05) is 22.3 Å². The molecule has 0 bridgehead atoms. The van der Waals surface area contributed by atoms with E-state index in [0.717, 1.165) is 33.8 Å². The molecule has 30 heavy (non-hydrogen) atoms. The molecule has 3 aromatic rings. The number of carbonyl (C=O) groups is 1. The molecule has 1 aliphatic heterocycles. The summed E-state index contributed by atoms with van der Waals surface area (Å²) in [6.07, 6.45) is 0. The van der Waals surface area contributed by atoms with Gasteiger partial charge in [-0.15, -0.1) is 0 Å². The highest BCUT2D eigenvalue weighted by Crippen LogP contribution is 2.38. The summed E-state index contributed by atoms with van der Waals surface area (Å²) in [5, 5.41) is 6.97. The minimum atomic E-state index is -0.155. The Morgan fingerprint density at radius 2 is 1.70 bits per heavy atom. The predicted octanol–water partition coefficient (Wildman–Crippen LogP) is 5.93. The maximum Gasteiger partial charge on any atom is 0.258 e. The first kappa shape index (κ1) is 20.2. The van der Waals surface area contributed by atoms with Crippen LogP contribution in [0.5, 0.6) is 0 Å². The number of benzene rings is 3. The van der Waals surface area contributed by atoms with Crippen molar-refractivity contribution in [3.05, 3.63) is 94.5 Å². The Kier molecular flexibility index (Phi) is 5.62. The summed E-state index contributed by atoms with van der Waals surface area (Å²) in [5.74, 6) is 0.202. The molecular weight excluding hydrogens is 394 g/mol. The Morgan fingerprint density at radius 1 is 1.00 bits per heavy atom. The molecule has 0 saturated heterocycles. The topological polar surface area (TPSA) is 67.1 Å². The van der Waals surface area contributed by atoms with Gasteiger partial charge in [-0.3, -0.25) is 4.79 Å². The Morgan fingerprint density at radius 3 is 2.37 bits per heavy atom. The van der Waals surface area contributed by atoms with Gasteiger partial charge in [0.05, 0.1) is 17.0 Å². The van der Waals surface area contributed by atoms with Crippen LogP contribution in [-0.2, 0) is 4.79 Å². The summed E-state index contributed by atoms with van der Waals surface area (Å²) in [5.41, 5.74) is 12.1. The number of fused-ring (bicyclic) bond motifs is 1. The van der Waals surface area contributed by atoms with E-state index in [1.54, 1.807) is 12.1 Å². The molecule has 0 aliphatic carbocycles. The monoisotopic (exact) mass is 417 g/mol. The van der Waals surface area contributed by atoms with Gasteiger partial charge in [0.25, 0.3) is 5.91 Å². The van der Waals surface area contributed by atoms with Gasteiger partial charge in [0.2, 0.25) is 0 Å². The summed E-state index contributed by atoms with van der Waals surface area (Å²) in [4.78, 5) is 12.9. The van der Waals surface area contributed by atoms with Crippen molar-refractivity contribution in [2.75, 3.05) is 10.6 Å². The minimum Gasteiger partial charge on any atom is -0.354 e. The van der Waals surface area contributed by atoms with Crippen molar-refractivity contribution in [1.82, 2.24) is 0 Å². The minimum absolute atomic E-state index is 0.0109. The molecule has 0 radical (unpaired) electrons. The van der Waals surface area contributed by atoms with E-state index in [1.165, 1.54) is 0 Å². The molecule has 0 spiro atoms. The molecule has 1 heterocycles. The molecule has 1 aliphatic rings. The van der Waals surface area contributed by atoms with Crippen LogP contribution in [0.15, 0.2) is 72.8 Å². The van der Waals surface area contributed by atoms with E-state index in [4.69, 9.17) is 17.3 Å². The van der Waals surface area contributed by atoms with Gasteiger partial charge in [-0.1, -0.05) is 74.0 Å². The third kappa shape index (κ3) is 3.97. The maximum atomic E-state index is 12.9. The Hall–Kier alpha value is -3.08. The van der Waals surface area contributed by atoms with Crippen molar-refractivity contribution in [3.63, 3.8) is 0 Å². The van der Waals surface area contributed by atoms with Crippen molar-refractivity contribution in [1.29, 1.82) is 0 Å². The average molecular weight is 418 g/mol. The van der Waals surface area contributed by atoms with E-state index < -0.39 is 0 Å². The number of amides is 1. The van der Waals surface area contributed by atoms with Gasteiger partial charge in [0.15, 0.2) is 0 Å². The van der Waals surface area contributed by atoms with Gasteiger partial charge in [-0.2, -0.15) is 0 Å². The highest BCUT2D eigenvalue weighted by Gasteiger charge is 2.28. The lowest BCUT2D eigenvalue weighted by Gasteiger charge is -2.18. The number of hydrogen-bond donors (Lipinski definition) is 3. The lowest BCUT2D eigenvalue weighted by Crippen LogP contribution is -2.16. The quantitative estimate of drug-likeness (QED) is 0.451. The third-order valence-corrected chi connectivity index (χ3v) is 5.56. The zero-order valence-corrected chi connectivity index (χ0v) is 17.7. The lowest BCUT2D eigenvalue weighted by atomic mass is 9.96. The summed E-state index contributed by atoms with van der Waals surface area (Å²) in [6.45, 7) is 4.22. The lowest BCUT2D eigenvalue weighted by molar-refractivity contribution is -0.110. The van der Waals surface area contributed by atoms with Crippen LogP contribution >= 0.6 is 11.6 Å². The largest absolute Gasteiger partial charge is 0.354 e. The predicted molar refractivity (Wildman–Crippen MR) is 125 cm³/mol. The van der Waals surface area contributed by atoms with Gasteiger partial charge in [-0.05, 0) is 41.3 Å². The van der Waals surface area contributed by atoms with Gasteiger partial charge in [0.1, 0.15) is 0 Å². The summed E-state index contributed by atoms with van der Waals surface area (Å²) >= 11 is 6.11. The highest BCUT2D eigenvalue weighted by atomic mass is 35.5. The third-order valence-electron chi connectivity index (χ3n) is 5.32. The molecule has 4 nitrogen and oxygen atoms in total. The van der Waals surface area contributed by atoms with Crippen LogP contribution in [0.4, 0.5) is 11.4 Å². The Labute approximate surface area is 181 Å². The second-order valence-electron chi connectivity index (χ2n) is 7.78.